The van der Waals surface area contributed by atoms with Gasteiger partial charge in [0.05, 0.1) is 37.7 Å². The number of nitrogens with zero attached hydrogens (tertiary/aromatic N) is 3. The van der Waals surface area contributed by atoms with Gasteiger partial charge in [0.15, 0.2) is 0 Å². The molecule has 0 fully saturated rings. The van der Waals surface area contributed by atoms with Crippen molar-refractivity contribution in [2.75, 3.05) is 20.3 Å². The van der Waals surface area contributed by atoms with Gasteiger partial charge < -0.3 is 20.3 Å². The third-order valence-corrected chi connectivity index (χ3v) is 5.02. The molecule has 3 N–H and O–H groups in total. The van der Waals surface area contributed by atoms with Crippen LogP contribution < -0.4 is 10.1 Å². The second-order valence-electron chi connectivity index (χ2n) is 7.22. The molecule has 3 aromatic rings. The standard InChI is InChI=1S/C22H26N4O4/c1-16(29)23-22(14-27,15-28)12-11-17-3-5-18(6-4-17)21-13-26(25-24-21)19-7-9-20(30-2)10-8-19/h3-10,13,27-28H,11-12,14-15H2,1-2H3,(H,23,29). The van der Waals surface area contributed by atoms with Crippen LogP contribution >= 0.6 is 0 Å². The van der Waals surface area contributed by atoms with Crippen LogP contribution in [0.1, 0.15) is 18.9 Å². The average Bonchev–Trinajstić information content (AvgIpc) is 3.27. The van der Waals surface area contributed by atoms with E-state index in [-0.39, 0.29) is 19.1 Å². The minimum absolute atomic E-state index is 0.284. The number of amides is 1. The molecule has 0 saturated heterocycles. The number of aliphatic hydroxyl groups is 2. The van der Waals surface area contributed by atoms with Gasteiger partial charge in [-0.2, -0.15) is 0 Å². The van der Waals surface area contributed by atoms with Gasteiger partial charge in [-0.1, -0.05) is 29.5 Å². The summed E-state index contributed by atoms with van der Waals surface area (Å²) in [5.41, 5.74) is 2.56. The van der Waals surface area contributed by atoms with Gasteiger partial charge in [0, 0.05) is 12.5 Å². The van der Waals surface area contributed by atoms with Crippen LogP contribution in [0.25, 0.3) is 16.9 Å². The van der Waals surface area contributed by atoms with E-state index in [0.717, 1.165) is 28.3 Å². The number of benzene rings is 2. The molecule has 0 aliphatic carbocycles. The molecule has 0 saturated carbocycles. The summed E-state index contributed by atoms with van der Waals surface area (Å²) < 4.78 is 6.87. The zero-order valence-electron chi connectivity index (χ0n) is 17.1. The number of aromatic nitrogens is 3. The Balaban J connectivity index is 1.68. The maximum atomic E-state index is 11.4. The predicted molar refractivity (Wildman–Crippen MR) is 112 cm³/mol. The number of ether oxygens (including phenoxy) is 1. The first-order valence-corrected chi connectivity index (χ1v) is 9.65. The minimum Gasteiger partial charge on any atom is -0.497 e. The van der Waals surface area contributed by atoms with Gasteiger partial charge in [-0.25, -0.2) is 4.68 Å². The van der Waals surface area contributed by atoms with Crippen molar-refractivity contribution in [1.29, 1.82) is 0 Å². The SMILES string of the molecule is COc1ccc(-n2cc(-c3ccc(CCC(CO)(CO)NC(C)=O)cc3)nn2)cc1. The number of carbonyl (C=O) groups excluding carboxylic acids is 1. The van der Waals surface area contributed by atoms with E-state index >= 15 is 0 Å². The summed E-state index contributed by atoms with van der Waals surface area (Å²) in [5.74, 6) is 0.494. The lowest BCUT2D eigenvalue weighted by atomic mass is 9.92. The topological polar surface area (TPSA) is 110 Å². The molecule has 2 aromatic carbocycles. The maximum Gasteiger partial charge on any atom is 0.217 e. The molecule has 0 radical (unpaired) electrons. The molecule has 8 nitrogen and oxygen atoms in total. The van der Waals surface area contributed by atoms with Crippen molar-refractivity contribution in [2.24, 2.45) is 0 Å². The van der Waals surface area contributed by atoms with E-state index in [4.69, 9.17) is 4.74 Å². The quantitative estimate of drug-likeness (QED) is 0.496. The van der Waals surface area contributed by atoms with E-state index in [1.165, 1.54) is 6.92 Å². The first-order chi connectivity index (χ1) is 14.5. The summed E-state index contributed by atoms with van der Waals surface area (Å²) >= 11 is 0. The van der Waals surface area contributed by atoms with E-state index in [0.29, 0.717) is 12.8 Å². The minimum atomic E-state index is -1.02. The number of methoxy groups -OCH3 is 1. The highest BCUT2D eigenvalue weighted by Gasteiger charge is 2.29. The van der Waals surface area contributed by atoms with Crippen LogP contribution in [0, 0.1) is 0 Å². The Morgan fingerprint density at radius 3 is 2.33 bits per heavy atom. The predicted octanol–water partition coefficient (Wildman–Crippen LogP) is 1.73. The molecule has 1 amide bonds. The lowest BCUT2D eigenvalue weighted by Gasteiger charge is -2.30. The summed E-state index contributed by atoms with van der Waals surface area (Å²) in [4.78, 5) is 11.4. The van der Waals surface area contributed by atoms with Crippen LogP contribution in [0.4, 0.5) is 0 Å². The van der Waals surface area contributed by atoms with Crippen molar-refractivity contribution in [2.45, 2.75) is 25.3 Å². The second kappa shape index (κ2) is 9.51. The molecule has 3 rings (SSSR count). The Morgan fingerprint density at radius 2 is 1.77 bits per heavy atom. The van der Waals surface area contributed by atoms with Gasteiger partial charge in [0.2, 0.25) is 5.91 Å². The smallest absolute Gasteiger partial charge is 0.217 e. The molecule has 0 aliphatic heterocycles. The molecule has 0 bridgehead atoms. The van der Waals surface area contributed by atoms with E-state index in [1.54, 1.807) is 11.8 Å². The summed E-state index contributed by atoms with van der Waals surface area (Å²) in [5, 5.41) is 30.3. The van der Waals surface area contributed by atoms with E-state index in [1.807, 2.05) is 54.7 Å². The van der Waals surface area contributed by atoms with Crippen molar-refractivity contribution in [1.82, 2.24) is 20.3 Å². The van der Waals surface area contributed by atoms with Crippen LogP contribution in [0.5, 0.6) is 5.75 Å². The van der Waals surface area contributed by atoms with Crippen molar-refractivity contribution in [3.63, 3.8) is 0 Å². The fourth-order valence-corrected chi connectivity index (χ4v) is 3.21. The highest BCUT2D eigenvalue weighted by Crippen LogP contribution is 2.21. The largest absolute Gasteiger partial charge is 0.497 e. The molecule has 0 spiro atoms. The molecular weight excluding hydrogens is 384 g/mol. The summed E-state index contributed by atoms with van der Waals surface area (Å²) in [6, 6.07) is 15.4. The number of carbonyl (C=O) groups is 1. The summed E-state index contributed by atoms with van der Waals surface area (Å²) in [6.07, 6.45) is 2.88. The van der Waals surface area contributed by atoms with Crippen LogP contribution in [0.15, 0.2) is 54.7 Å². The van der Waals surface area contributed by atoms with Crippen LogP contribution in [-0.2, 0) is 11.2 Å². The van der Waals surface area contributed by atoms with Gasteiger partial charge in [-0.3, -0.25) is 4.79 Å². The zero-order chi connectivity index (χ0) is 21.6. The number of aryl methyl sites for hydroxylation is 1. The molecule has 0 atom stereocenters. The molecule has 30 heavy (non-hydrogen) atoms. The Hall–Kier alpha value is -3.23. The Bertz CT molecular complexity index is 964. The first kappa shape index (κ1) is 21.5. The third-order valence-electron chi connectivity index (χ3n) is 5.02. The Kier molecular flexibility index (Phi) is 6.81. The van der Waals surface area contributed by atoms with Crippen molar-refractivity contribution in [3.8, 4) is 22.7 Å². The second-order valence-corrected chi connectivity index (χ2v) is 7.22. The number of nitrogens with one attached hydrogen (secondary N) is 1. The number of aliphatic hydroxyl groups excluding tert-OH is 2. The van der Waals surface area contributed by atoms with Crippen molar-refractivity contribution in [3.05, 3.63) is 60.3 Å². The first-order valence-electron chi connectivity index (χ1n) is 9.65. The fourth-order valence-electron chi connectivity index (χ4n) is 3.21. The average molecular weight is 410 g/mol. The number of hydrogen-bond donors (Lipinski definition) is 3. The van der Waals surface area contributed by atoms with E-state index < -0.39 is 5.54 Å². The van der Waals surface area contributed by atoms with Gasteiger partial charge in [0.25, 0.3) is 0 Å². The van der Waals surface area contributed by atoms with Crippen LogP contribution in [0.3, 0.4) is 0 Å². The number of rotatable bonds is 9. The molecule has 0 unspecified atom stereocenters. The van der Waals surface area contributed by atoms with Crippen LogP contribution in [0.2, 0.25) is 0 Å². The van der Waals surface area contributed by atoms with Gasteiger partial charge >= 0.3 is 0 Å². The van der Waals surface area contributed by atoms with Gasteiger partial charge in [-0.15, -0.1) is 5.10 Å². The third kappa shape index (κ3) is 5.03. The zero-order valence-corrected chi connectivity index (χ0v) is 17.1. The Morgan fingerprint density at radius 1 is 1.10 bits per heavy atom. The molecule has 0 aliphatic rings. The highest BCUT2D eigenvalue weighted by molar-refractivity contribution is 5.73. The van der Waals surface area contributed by atoms with E-state index in [9.17, 15) is 15.0 Å². The highest BCUT2D eigenvalue weighted by atomic mass is 16.5. The molecule has 8 heteroatoms. The molecule has 1 aromatic heterocycles. The summed E-state index contributed by atoms with van der Waals surface area (Å²) in [7, 11) is 1.62. The fraction of sp³-hybridized carbons (Fsp3) is 0.318. The van der Waals surface area contributed by atoms with Crippen molar-refractivity contribution < 1.29 is 19.7 Å². The lowest BCUT2D eigenvalue weighted by Crippen LogP contribution is -2.53. The summed E-state index contributed by atoms with van der Waals surface area (Å²) in [6.45, 7) is 0.721. The lowest BCUT2D eigenvalue weighted by molar-refractivity contribution is -0.122. The van der Waals surface area contributed by atoms with E-state index in [2.05, 4.69) is 15.6 Å². The molecular formula is C22H26N4O4. The normalized spacial score (nSPS) is 11.3. The van der Waals surface area contributed by atoms with Crippen molar-refractivity contribution >= 4 is 5.91 Å². The molecule has 1 heterocycles. The molecule has 158 valence electrons. The Labute approximate surface area is 175 Å². The van der Waals surface area contributed by atoms with Crippen LogP contribution in [-0.4, -0.2) is 57.0 Å². The monoisotopic (exact) mass is 410 g/mol. The van der Waals surface area contributed by atoms with Gasteiger partial charge in [-0.05, 0) is 42.7 Å². The van der Waals surface area contributed by atoms with Gasteiger partial charge in [0.1, 0.15) is 11.4 Å². The maximum absolute atomic E-state index is 11.4. The number of hydrogen-bond acceptors (Lipinski definition) is 6.